The Morgan fingerprint density at radius 3 is 2.44 bits per heavy atom. The van der Waals surface area contributed by atoms with Crippen molar-refractivity contribution >= 4 is 5.91 Å². The highest BCUT2D eigenvalue weighted by Gasteiger charge is 2.08. The number of phenols is 1. The molecule has 0 spiro atoms. The zero-order chi connectivity index (χ0) is 14.0. The number of nitrogens with one attached hydrogen (secondary N) is 1. The minimum atomic E-state index is -0.279. The summed E-state index contributed by atoms with van der Waals surface area (Å²) < 4.78 is 5.02. The predicted molar refractivity (Wildman–Crippen MR) is 70.0 cm³/mol. The molecule has 0 atom stereocenters. The predicted octanol–water partition coefficient (Wildman–Crippen LogP) is 1.54. The molecular weight excluding hydrogens is 234 g/mol. The fraction of sp³-hybridized carbons (Fsp3) is 0.462. The van der Waals surface area contributed by atoms with Crippen LogP contribution >= 0.6 is 0 Å². The van der Waals surface area contributed by atoms with Crippen LogP contribution < -0.4 is 10.1 Å². The molecule has 1 rings (SSSR count). The van der Waals surface area contributed by atoms with E-state index in [9.17, 15) is 9.90 Å². The molecule has 0 saturated carbocycles. The summed E-state index contributed by atoms with van der Waals surface area (Å²) in [6.45, 7) is 4.23. The molecule has 5 heteroatoms. The van der Waals surface area contributed by atoms with Gasteiger partial charge in [-0.05, 0) is 18.2 Å². The molecule has 1 aromatic carbocycles. The van der Waals surface area contributed by atoms with Crippen LogP contribution in [0.3, 0.4) is 0 Å². The van der Waals surface area contributed by atoms with E-state index in [1.165, 1.54) is 31.7 Å². The van der Waals surface area contributed by atoms with Crippen LogP contribution in [-0.2, 0) is 0 Å². The van der Waals surface area contributed by atoms with Crippen LogP contribution in [0.5, 0.6) is 11.5 Å². The number of carbonyl (C=O) groups excluding carboxylic acids is 1. The average molecular weight is 255 g/mol. The molecule has 0 aliphatic carbocycles. The van der Waals surface area contributed by atoms with Crippen molar-refractivity contribution in [3.63, 3.8) is 0 Å². The Kier molecular flexibility index (Phi) is 8.39. The minimum absolute atomic E-state index is 0.104. The number of hydrogen-bond acceptors (Lipinski definition) is 4. The summed E-state index contributed by atoms with van der Waals surface area (Å²) in [5, 5.41) is 20.4. The zero-order valence-electron chi connectivity index (χ0n) is 11.1. The summed E-state index contributed by atoms with van der Waals surface area (Å²) in [7, 11) is 1.51. The molecular formula is C13H21NO4. The van der Waals surface area contributed by atoms with E-state index in [4.69, 9.17) is 9.84 Å². The second kappa shape index (κ2) is 9.30. The van der Waals surface area contributed by atoms with Crippen molar-refractivity contribution in [3.05, 3.63) is 23.8 Å². The van der Waals surface area contributed by atoms with E-state index in [1.54, 1.807) is 0 Å². The Morgan fingerprint density at radius 1 is 1.39 bits per heavy atom. The van der Waals surface area contributed by atoms with E-state index in [1.807, 2.05) is 0 Å². The summed E-state index contributed by atoms with van der Waals surface area (Å²) in [6.07, 6.45) is 1.25. The molecule has 102 valence electrons. The summed E-state index contributed by atoms with van der Waals surface area (Å²) in [5.41, 5.74) is 0.353. The van der Waals surface area contributed by atoms with Gasteiger partial charge in [0.05, 0.1) is 6.61 Å². The van der Waals surface area contributed by atoms with Crippen molar-refractivity contribution in [1.82, 2.24) is 5.32 Å². The van der Waals surface area contributed by atoms with Gasteiger partial charge in [-0.1, -0.05) is 20.3 Å². The number of hydrogen-bond donors (Lipinski definition) is 3. The lowest BCUT2D eigenvalue weighted by Gasteiger charge is -2.07. The Hall–Kier alpha value is -1.75. The van der Waals surface area contributed by atoms with Crippen LogP contribution in [0.1, 0.15) is 30.6 Å². The molecule has 0 aliphatic rings. The van der Waals surface area contributed by atoms with Crippen molar-refractivity contribution in [2.75, 3.05) is 20.3 Å². The van der Waals surface area contributed by atoms with Gasteiger partial charge in [0.2, 0.25) is 0 Å². The van der Waals surface area contributed by atoms with Gasteiger partial charge in [0.25, 0.3) is 5.91 Å². The highest BCUT2D eigenvalue weighted by molar-refractivity contribution is 5.94. The van der Waals surface area contributed by atoms with Gasteiger partial charge in [-0.15, -0.1) is 0 Å². The van der Waals surface area contributed by atoms with E-state index >= 15 is 0 Å². The van der Waals surface area contributed by atoms with Gasteiger partial charge in [0.1, 0.15) is 6.61 Å². The molecule has 0 aliphatic heterocycles. The Morgan fingerprint density at radius 2 is 2.00 bits per heavy atom. The lowest BCUT2D eigenvalue weighted by atomic mass is 10.2. The van der Waals surface area contributed by atoms with E-state index in [0.717, 1.165) is 0 Å². The number of aliphatic hydroxyl groups is 1. The first kappa shape index (κ1) is 16.2. The normalized spacial score (nSPS) is 9.11. The number of amides is 1. The number of carbonyl (C=O) groups is 1. The third-order valence-electron chi connectivity index (χ3n) is 1.80. The monoisotopic (exact) mass is 255 g/mol. The lowest BCUT2D eigenvalue weighted by molar-refractivity contribution is 0.0962. The smallest absolute Gasteiger partial charge is 0.251 e. The van der Waals surface area contributed by atoms with E-state index in [2.05, 4.69) is 19.2 Å². The van der Waals surface area contributed by atoms with Gasteiger partial charge in [-0.25, -0.2) is 0 Å². The summed E-state index contributed by atoms with van der Waals surface area (Å²) >= 11 is 0. The molecule has 0 bridgehead atoms. The third-order valence-corrected chi connectivity index (χ3v) is 1.80. The fourth-order valence-corrected chi connectivity index (χ4v) is 1.08. The molecule has 0 radical (unpaired) electrons. The van der Waals surface area contributed by atoms with Gasteiger partial charge >= 0.3 is 0 Å². The van der Waals surface area contributed by atoms with Gasteiger partial charge < -0.3 is 20.3 Å². The van der Waals surface area contributed by atoms with Crippen molar-refractivity contribution in [3.8, 4) is 11.5 Å². The first-order valence-corrected chi connectivity index (χ1v) is 5.89. The van der Waals surface area contributed by atoms with E-state index < -0.39 is 0 Å². The Balaban J connectivity index is 0.000000873. The van der Waals surface area contributed by atoms with Crippen LogP contribution in [0.2, 0.25) is 0 Å². The summed E-state index contributed by atoms with van der Waals surface area (Å²) in [4.78, 5) is 11.2. The molecule has 0 heterocycles. The largest absolute Gasteiger partial charge is 0.504 e. The molecule has 0 unspecified atom stereocenters. The second-order valence-corrected chi connectivity index (χ2v) is 3.54. The molecule has 18 heavy (non-hydrogen) atoms. The molecule has 0 saturated heterocycles. The topological polar surface area (TPSA) is 78.8 Å². The van der Waals surface area contributed by atoms with Crippen molar-refractivity contribution < 1.29 is 19.7 Å². The maximum absolute atomic E-state index is 11.2. The Labute approximate surface area is 107 Å². The number of aromatic hydroxyl groups is 1. The lowest BCUT2D eigenvalue weighted by Crippen LogP contribution is -2.17. The molecule has 5 nitrogen and oxygen atoms in total. The molecule has 1 amide bonds. The Bertz CT molecular complexity index is 366. The standard InChI is InChI=1S/C10H13NO4.C3H8/c1-11-10(14)7-2-3-9(8(13)6-7)15-5-4-12;1-3-2/h2-3,6,12-13H,4-5H2,1H3,(H,11,14);3H2,1-2H3. The molecule has 3 N–H and O–H groups in total. The molecule has 0 aromatic heterocycles. The highest BCUT2D eigenvalue weighted by atomic mass is 16.5. The van der Waals surface area contributed by atoms with Gasteiger partial charge in [0, 0.05) is 12.6 Å². The maximum Gasteiger partial charge on any atom is 0.251 e. The summed E-state index contributed by atoms with van der Waals surface area (Å²) in [6, 6.07) is 4.33. The molecule has 1 aromatic rings. The first-order chi connectivity index (χ1) is 8.60. The van der Waals surface area contributed by atoms with Crippen molar-refractivity contribution in [2.24, 2.45) is 0 Å². The second-order valence-electron chi connectivity index (χ2n) is 3.54. The van der Waals surface area contributed by atoms with E-state index in [-0.39, 0.29) is 30.6 Å². The summed E-state index contributed by atoms with van der Waals surface area (Å²) in [5.74, 6) is -0.153. The number of benzene rings is 1. The zero-order valence-corrected chi connectivity index (χ0v) is 11.1. The van der Waals surface area contributed by atoms with Crippen molar-refractivity contribution in [1.29, 1.82) is 0 Å². The highest BCUT2D eigenvalue weighted by Crippen LogP contribution is 2.26. The average Bonchev–Trinajstić information content (AvgIpc) is 2.37. The number of aliphatic hydroxyl groups excluding tert-OH is 1. The number of ether oxygens (including phenoxy) is 1. The van der Waals surface area contributed by atoms with Gasteiger partial charge in [-0.3, -0.25) is 4.79 Å². The fourth-order valence-electron chi connectivity index (χ4n) is 1.08. The minimum Gasteiger partial charge on any atom is -0.504 e. The molecule has 0 fully saturated rings. The first-order valence-electron chi connectivity index (χ1n) is 5.89. The van der Waals surface area contributed by atoms with E-state index in [0.29, 0.717) is 5.56 Å². The van der Waals surface area contributed by atoms with Crippen LogP contribution in [0.25, 0.3) is 0 Å². The van der Waals surface area contributed by atoms with Crippen LogP contribution in [0.15, 0.2) is 18.2 Å². The number of rotatable bonds is 4. The van der Waals surface area contributed by atoms with Crippen molar-refractivity contribution in [2.45, 2.75) is 20.3 Å². The SMILES string of the molecule is CCC.CNC(=O)c1ccc(OCCO)c(O)c1. The quantitative estimate of drug-likeness (QED) is 0.762. The number of phenolic OH excluding ortho intramolecular Hbond substituents is 1. The van der Waals surface area contributed by atoms with Gasteiger partial charge in [0.15, 0.2) is 11.5 Å². The third kappa shape index (κ3) is 5.54. The van der Waals surface area contributed by atoms with Crippen LogP contribution in [-0.4, -0.2) is 36.4 Å². The van der Waals surface area contributed by atoms with Crippen LogP contribution in [0.4, 0.5) is 0 Å². The van der Waals surface area contributed by atoms with Crippen LogP contribution in [0, 0.1) is 0 Å². The van der Waals surface area contributed by atoms with Gasteiger partial charge in [-0.2, -0.15) is 0 Å². The maximum atomic E-state index is 11.2.